The quantitative estimate of drug-likeness (QED) is 0.302. The third-order valence-electron chi connectivity index (χ3n) is 5.00. The van der Waals surface area contributed by atoms with Gasteiger partial charge in [-0.25, -0.2) is 4.99 Å². The Labute approximate surface area is 184 Å². The molecule has 4 rings (SSSR count). The van der Waals surface area contributed by atoms with E-state index in [4.69, 9.17) is 11.6 Å². The zero-order valence-electron chi connectivity index (χ0n) is 16.9. The van der Waals surface area contributed by atoms with E-state index >= 15 is 0 Å². The van der Waals surface area contributed by atoms with Crippen LogP contribution in [0.1, 0.15) is 22.3 Å². The van der Waals surface area contributed by atoms with Gasteiger partial charge in [-0.05, 0) is 49.2 Å². The Morgan fingerprint density at radius 3 is 2.42 bits per heavy atom. The number of amidine groups is 1. The highest BCUT2D eigenvalue weighted by molar-refractivity contribution is 6.33. The second-order valence-corrected chi connectivity index (χ2v) is 7.65. The summed E-state index contributed by atoms with van der Waals surface area (Å²) in [5.74, 6) is 0.158. The van der Waals surface area contributed by atoms with Gasteiger partial charge in [-0.2, -0.15) is 0 Å². The Morgan fingerprint density at radius 1 is 1.00 bits per heavy atom. The highest BCUT2D eigenvalue weighted by atomic mass is 35.5. The number of hydrogen-bond acceptors (Lipinski definition) is 4. The van der Waals surface area contributed by atoms with Crippen molar-refractivity contribution in [3.8, 4) is 0 Å². The standard InChI is InChI=1S/C24H18ClN3O3/c1-15-12-22(28(30)31)16(2)11-21(15)27-23(18-8-4-3-5-9-18)26-20(24(27)29)14-17-7-6-10-19(25)13-17/h3-14H,1-2H3. The van der Waals surface area contributed by atoms with E-state index in [1.54, 1.807) is 44.2 Å². The molecule has 154 valence electrons. The summed E-state index contributed by atoms with van der Waals surface area (Å²) in [7, 11) is 0. The molecular weight excluding hydrogens is 414 g/mol. The first-order valence-electron chi connectivity index (χ1n) is 9.56. The summed E-state index contributed by atoms with van der Waals surface area (Å²) in [6.45, 7) is 3.40. The molecule has 0 N–H and O–H groups in total. The molecule has 0 bridgehead atoms. The predicted octanol–water partition coefficient (Wildman–Crippen LogP) is 5.70. The Kier molecular flexibility index (Phi) is 5.40. The Balaban J connectivity index is 1.87. The maximum atomic E-state index is 13.4. The van der Waals surface area contributed by atoms with E-state index in [1.807, 2.05) is 36.4 Å². The minimum atomic E-state index is -0.422. The average molecular weight is 432 g/mol. The number of amides is 1. The van der Waals surface area contributed by atoms with Crippen LogP contribution >= 0.6 is 11.6 Å². The third-order valence-corrected chi connectivity index (χ3v) is 5.23. The smallest absolute Gasteiger partial charge is 0.266 e. The van der Waals surface area contributed by atoms with Crippen molar-refractivity contribution >= 4 is 40.8 Å². The maximum Gasteiger partial charge on any atom is 0.282 e. The number of halogens is 1. The van der Waals surface area contributed by atoms with Crippen molar-refractivity contribution in [2.75, 3.05) is 4.90 Å². The zero-order chi connectivity index (χ0) is 22.1. The van der Waals surface area contributed by atoms with Gasteiger partial charge in [0.1, 0.15) is 11.5 Å². The van der Waals surface area contributed by atoms with Gasteiger partial charge in [0.25, 0.3) is 11.6 Å². The van der Waals surface area contributed by atoms with E-state index in [-0.39, 0.29) is 17.3 Å². The van der Waals surface area contributed by atoms with Gasteiger partial charge >= 0.3 is 0 Å². The van der Waals surface area contributed by atoms with Crippen LogP contribution in [0.4, 0.5) is 11.4 Å². The van der Waals surface area contributed by atoms with Gasteiger partial charge in [0.05, 0.1) is 10.6 Å². The van der Waals surface area contributed by atoms with Crippen LogP contribution in [0.5, 0.6) is 0 Å². The van der Waals surface area contributed by atoms with Crippen molar-refractivity contribution in [3.05, 3.63) is 110 Å². The molecule has 3 aromatic carbocycles. The number of rotatable bonds is 4. The fourth-order valence-corrected chi connectivity index (χ4v) is 3.70. The Hall–Kier alpha value is -3.77. The minimum absolute atomic E-state index is 0.0146. The van der Waals surface area contributed by atoms with Crippen LogP contribution in [0.15, 0.2) is 77.4 Å². The number of carbonyl (C=O) groups is 1. The second-order valence-electron chi connectivity index (χ2n) is 7.21. The number of nitrogens with zero attached hydrogens (tertiary/aromatic N) is 3. The molecule has 1 aliphatic heterocycles. The lowest BCUT2D eigenvalue weighted by atomic mass is 10.1. The molecule has 0 radical (unpaired) electrons. The van der Waals surface area contributed by atoms with E-state index in [1.165, 1.54) is 11.0 Å². The molecule has 0 unspecified atom stereocenters. The molecule has 0 aromatic heterocycles. The van der Waals surface area contributed by atoms with E-state index in [2.05, 4.69) is 4.99 Å². The lowest BCUT2D eigenvalue weighted by Crippen LogP contribution is -2.33. The molecule has 1 amide bonds. The zero-order valence-corrected chi connectivity index (χ0v) is 17.6. The van der Waals surface area contributed by atoms with Gasteiger partial charge in [0.15, 0.2) is 0 Å². The highest BCUT2D eigenvalue weighted by Crippen LogP contribution is 2.34. The lowest BCUT2D eigenvalue weighted by Gasteiger charge is -2.21. The first kappa shape index (κ1) is 20.5. The third kappa shape index (κ3) is 3.98. The van der Waals surface area contributed by atoms with Crippen LogP contribution in [0, 0.1) is 24.0 Å². The van der Waals surface area contributed by atoms with E-state index in [9.17, 15) is 14.9 Å². The first-order valence-corrected chi connectivity index (χ1v) is 9.94. The topological polar surface area (TPSA) is 75.8 Å². The summed E-state index contributed by atoms with van der Waals surface area (Å²) in [4.78, 5) is 30.5. The number of aliphatic imine (C=N–C) groups is 1. The fourth-order valence-electron chi connectivity index (χ4n) is 3.50. The van der Waals surface area contributed by atoms with Crippen LogP contribution in [0.25, 0.3) is 6.08 Å². The molecule has 0 saturated carbocycles. The Morgan fingerprint density at radius 2 is 1.74 bits per heavy atom. The van der Waals surface area contributed by atoms with Crippen LogP contribution in [-0.4, -0.2) is 16.7 Å². The minimum Gasteiger partial charge on any atom is -0.266 e. The van der Waals surface area contributed by atoms with Crippen molar-refractivity contribution in [3.63, 3.8) is 0 Å². The number of benzene rings is 3. The van der Waals surface area contributed by atoms with Crippen molar-refractivity contribution < 1.29 is 9.72 Å². The van der Waals surface area contributed by atoms with E-state index < -0.39 is 4.92 Å². The van der Waals surface area contributed by atoms with Gasteiger partial charge < -0.3 is 0 Å². The highest BCUT2D eigenvalue weighted by Gasteiger charge is 2.34. The van der Waals surface area contributed by atoms with Crippen LogP contribution in [0.3, 0.4) is 0 Å². The van der Waals surface area contributed by atoms with Gasteiger partial charge in [0.2, 0.25) is 0 Å². The summed E-state index contributed by atoms with van der Waals surface area (Å²) in [5.41, 5.74) is 3.44. The molecule has 0 aliphatic carbocycles. The molecule has 0 fully saturated rings. The molecule has 6 nitrogen and oxygen atoms in total. The van der Waals surface area contributed by atoms with Crippen molar-refractivity contribution in [2.45, 2.75) is 13.8 Å². The van der Waals surface area contributed by atoms with Crippen molar-refractivity contribution in [1.29, 1.82) is 0 Å². The SMILES string of the molecule is Cc1cc([N+](=O)[O-])c(C)cc1N1C(=O)C(=Cc2cccc(Cl)c2)N=C1c1ccccc1. The van der Waals surface area contributed by atoms with Crippen LogP contribution < -0.4 is 4.90 Å². The number of aryl methyl sites for hydroxylation is 2. The van der Waals surface area contributed by atoms with Crippen LogP contribution in [-0.2, 0) is 4.79 Å². The molecule has 1 aliphatic rings. The first-order chi connectivity index (χ1) is 14.8. The molecule has 31 heavy (non-hydrogen) atoms. The molecule has 0 spiro atoms. The number of nitro benzene ring substituents is 1. The second kappa shape index (κ2) is 8.16. The summed E-state index contributed by atoms with van der Waals surface area (Å²) >= 11 is 6.08. The molecule has 0 saturated heterocycles. The summed E-state index contributed by atoms with van der Waals surface area (Å²) in [6, 6.07) is 19.7. The van der Waals surface area contributed by atoms with Crippen molar-refractivity contribution in [1.82, 2.24) is 0 Å². The van der Waals surface area contributed by atoms with E-state index in [0.717, 1.165) is 11.1 Å². The largest absolute Gasteiger partial charge is 0.282 e. The van der Waals surface area contributed by atoms with Gasteiger partial charge in [-0.3, -0.25) is 19.8 Å². The van der Waals surface area contributed by atoms with E-state index in [0.29, 0.717) is 27.7 Å². The number of carbonyl (C=O) groups excluding carboxylic acids is 1. The normalized spacial score (nSPS) is 14.8. The molecule has 3 aromatic rings. The maximum absolute atomic E-state index is 13.4. The van der Waals surface area contributed by atoms with Gasteiger partial charge in [-0.15, -0.1) is 0 Å². The fraction of sp³-hybridized carbons (Fsp3) is 0.0833. The van der Waals surface area contributed by atoms with Crippen molar-refractivity contribution in [2.24, 2.45) is 4.99 Å². The lowest BCUT2D eigenvalue weighted by molar-refractivity contribution is -0.385. The molecular formula is C24H18ClN3O3. The Bertz CT molecular complexity index is 1270. The predicted molar refractivity (Wildman–Crippen MR) is 122 cm³/mol. The summed E-state index contributed by atoms with van der Waals surface area (Å²) in [5, 5.41) is 11.9. The molecule has 0 atom stereocenters. The van der Waals surface area contributed by atoms with Gasteiger partial charge in [-0.1, -0.05) is 54.1 Å². The molecule has 1 heterocycles. The molecule has 7 heteroatoms. The number of anilines is 1. The summed E-state index contributed by atoms with van der Waals surface area (Å²) < 4.78 is 0. The van der Waals surface area contributed by atoms with Crippen LogP contribution in [0.2, 0.25) is 5.02 Å². The average Bonchev–Trinajstić information content (AvgIpc) is 3.06. The summed E-state index contributed by atoms with van der Waals surface area (Å²) in [6.07, 6.45) is 1.69. The number of hydrogen-bond donors (Lipinski definition) is 0. The monoisotopic (exact) mass is 431 g/mol. The number of nitro groups is 1. The van der Waals surface area contributed by atoms with Gasteiger partial charge in [0, 0.05) is 22.2 Å².